The smallest absolute Gasteiger partial charge is 0.261 e. The number of aliphatic hydroxyl groups is 1. The zero-order valence-corrected chi connectivity index (χ0v) is 18.2. The summed E-state index contributed by atoms with van der Waals surface area (Å²) in [7, 11) is 0. The maximum Gasteiger partial charge on any atom is 0.261 e. The Bertz CT molecular complexity index is 1330. The van der Waals surface area contributed by atoms with E-state index in [0.29, 0.717) is 21.4 Å². The second kappa shape index (κ2) is 7.93. The fourth-order valence-electron chi connectivity index (χ4n) is 3.69. The fourth-order valence-corrected chi connectivity index (χ4v) is 4.37. The van der Waals surface area contributed by atoms with Crippen LogP contribution in [0.3, 0.4) is 0 Å². The van der Waals surface area contributed by atoms with Gasteiger partial charge in [-0.3, -0.25) is 9.36 Å². The number of fused-ring (bicyclic) bond motifs is 1. The highest BCUT2D eigenvalue weighted by molar-refractivity contribution is 9.10. The maximum atomic E-state index is 14.8. The lowest BCUT2D eigenvalue weighted by atomic mass is 9.86. The van der Waals surface area contributed by atoms with Crippen LogP contribution in [-0.4, -0.2) is 29.4 Å². The molecule has 0 saturated heterocycles. The van der Waals surface area contributed by atoms with E-state index in [1.54, 1.807) is 13.0 Å². The van der Waals surface area contributed by atoms with Crippen molar-refractivity contribution >= 4 is 26.8 Å². The van der Waals surface area contributed by atoms with Gasteiger partial charge in [-0.2, -0.15) is 5.10 Å². The minimum absolute atomic E-state index is 0.172. The Hall–Kier alpha value is -2.98. The van der Waals surface area contributed by atoms with Gasteiger partial charge in [-0.05, 0) is 53.5 Å². The monoisotopic (exact) mass is 489 g/mol. The van der Waals surface area contributed by atoms with Gasteiger partial charge in [0, 0.05) is 16.1 Å². The van der Waals surface area contributed by atoms with Crippen molar-refractivity contribution in [2.24, 2.45) is 0 Å². The number of rotatable bonds is 5. The van der Waals surface area contributed by atoms with Gasteiger partial charge in [-0.25, -0.2) is 23.4 Å². The van der Waals surface area contributed by atoms with Crippen LogP contribution in [0.5, 0.6) is 0 Å². The van der Waals surface area contributed by atoms with Crippen molar-refractivity contribution in [3.63, 3.8) is 0 Å². The molecule has 0 aliphatic rings. The lowest BCUT2D eigenvalue weighted by molar-refractivity contribution is -0.0343. The van der Waals surface area contributed by atoms with Gasteiger partial charge >= 0.3 is 0 Å². The molecule has 2 heterocycles. The second-order valence-corrected chi connectivity index (χ2v) is 8.27. The Balaban J connectivity index is 1.91. The predicted molar refractivity (Wildman–Crippen MR) is 113 cm³/mol. The van der Waals surface area contributed by atoms with Crippen LogP contribution in [0.15, 0.2) is 58.6 Å². The molecule has 7 nitrogen and oxygen atoms in total. The Morgan fingerprint density at radius 1 is 1.23 bits per heavy atom. The van der Waals surface area contributed by atoms with Gasteiger partial charge in [0.1, 0.15) is 29.9 Å². The second-order valence-electron chi connectivity index (χ2n) is 7.42. The maximum absolute atomic E-state index is 14.8. The van der Waals surface area contributed by atoms with E-state index in [1.807, 2.05) is 13.0 Å². The first-order chi connectivity index (χ1) is 14.7. The normalized spacial score (nSPS) is 14.5. The molecule has 160 valence electrons. The summed E-state index contributed by atoms with van der Waals surface area (Å²) in [6.07, 6.45) is 3.94. The van der Waals surface area contributed by atoms with Crippen LogP contribution in [0.2, 0.25) is 0 Å². The molecule has 2 aromatic carbocycles. The molecule has 4 aromatic rings. The Morgan fingerprint density at radius 2 is 2.00 bits per heavy atom. The third-order valence-corrected chi connectivity index (χ3v) is 5.96. The third-order valence-electron chi connectivity index (χ3n) is 5.36. The standard InChI is InChI=1S/C21H18BrF2N5O2/c1-12-5-15-19(17(22)6-12)26-11-29(20(15)30)13(2)21(31,8-28-10-25-9-27-28)16-4-3-14(23)7-18(16)24/h3-7,9-11,13,31H,8H2,1-2H3. The zero-order chi connectivity index (χ0) is 22.3. The lowest BCUT2D eigenvalue weighted by Gasteiger charge is -2.35. The van der Waals surface area contributed by atoms with E-state index in [9.17, 15) is 18.7 Å². The molecule has 31 heavy (non-hydrogen) atoms. The van der Waals surface area contributed by atoms with E-state index in [4.69, 9.17) is 0 Å². The molecule has 2 aromatic heterocycles. The predicted octanol–water partition coefficient (Wildman–Crippen LogP) is 3.49. The molecule has 1 N–H and O–H groups in total. The van der Waals surface area contributed by atoms with Crippen molar-refractivity contribution in [1.29, 1.82) is 0 Å². The van der Waals surface area contributed by atoms with Crippen molar-refractivity contribution in [2.45, 2.75) is 32.0 Å². The Kier molecular flexibility index (Phi) is 5.44. The van der Waals surface area contributed by atoms with Gasteiger partial charge in [-0.1, -0.05) is 6.07 Å². The summed E-state index contributed by atoms with van der Waals surface area (Å²) in [4.78, 5) is 21.5. The van der Waals surface area contributed by atoms with E-state index >= 15 is 0 Å². The molecule has 2 atom stereocenters. The molecule has 10 heteroatoms. The van der Waals surface area contributed by atoms with Crippen LogP contribution >= 0.6 is 15.9 Å². The van der Waals surface area contributed by atoms with Crippen LogP contribution in [0.4, 0.5) is 8.78 Å². The van der Waals surface area contributed by atoms with Gasteiger partial charge in [0.15, 0.2) is 0 Å². The highest BCUT2D eigenvalue weighted by atomic mass is 79.9. The Morgan fingerprint density at radius 3 is 2.68 bits per heavy atom. The molecule has 0 bridgehead atoms. The molecule has 0 amide bonds. The highest BCUT2D eigenvalue weighted by Gasteiger charge is 2.41. The van der Waals surface area contributed by atoms with E-state index < -0.39 is 28.8 Å². The lowest BCUT2D eigenvalue weighted by Crippen LogP contribution is -2.43. The van der Waals surface area contributed by atoms with Crippen molar-refractivity contribution in [3.8, 4) is 0 Å². The summed E-state index contributed by atoms with van der Waals surface area (Å²) >= 11 is 3.41. The highest BCUT2D eigenvalue weighted by Crippen LogP contribution is 2.36. The topological polar surface area (TPSA) is 85.8 Å². The van der Waals surface area contributed by atoms with E-state index in [1.165, 1.54) is 34.3 Å². The van der Waals surface area contributed by atoms with E-state index in [0.717, 1.165) is 11.6 Å². The first kappa shape index (κ1) is 21.3. The number of benzene rings is 2. The molecule has 0 aliphatic carbocycles. The summed E-state index contributed by atoms with van der Waals surface area (Å²) in [5.41, 5.74) is -1.21. The quantitative estimate of drug-likeness (QED) is 0.463. The number of hydrogen-bond donors (Lipinski definition) is 1. The third kappa shape index (κ3) is 3.77. The average Bonchev–Trinajstić information content (AvgIpc) is 3.21. The average molecular weight is 490 g/mol. The van der Waals surface area contributed by atoms with Crippen LogP contribution < -0.4 is 5.56 Å². The number of aryl methyl sites for hydroxylation is 1. The molecule has 0 aliphatic heterocycles. The summed E-state index contributed by atoms with van der Waals surface area (Å²) in [6, 6.07) is 5.47. The van der Waals surface area contributed by atoms with Gasteiger partial charge in [0.25, 0.3) is 5.56 Å². The molecule has 0 radical (unpaired) electrons. The van der Waals surface area contributed by atoms with Crippen LogP contribution in [0, 0.1) is 18.6 Å². The van der Waals surface area contributed by atoms with Crippen LogP contribution in [0.1, 0.15) is 24.1 Å². The molecular formula is C21H18BrF2N5O2. The largest absolute Gasteiger partial charge is 0.381 e. The number of nitrogens with zero attached hydrogens (tertiary/aromatic N) is 5. The molecule has 0 saturated carbocycles. The number of aromatic nitrogens is 5. The fraction of sp³-hybridized carbons (Fsp3) is 0.238. The van der Waals surface area contributed by atoms with Gasteiger partial charge in [0.05, 0.1) is 29.8 Å². The van der Waals surface area contributed by atoms with Crippen molar-refractivity contribution in [2.75, 3.05) is 0 Å². The Labute approximate surface area is 184 Å². The first-order valence-corrected chi connectivity index (χ1v) is 10.2. The van der Waals surface area contributed by atoms with Crippen molar-refractivity contribution < 1.29 is 13.9 Å². The summed E-state index contributed by atoms with van der Waals surface area (Å²) in [5, 5.41) is 16.0. The minimum atomic E-state index is -1.97. The first-order valence-electron chi connectivity index (χ1n) is 9.38. The van der Waals surface area contributed by atoms with Gasteiger partial charge in [-0.15, -0.1) is 0 Å². The van der Waals surface area contributed by atoms with Gasteiger partial charge < -0.3 is 5.11 Å². The molecule has 0 fully saturated rings. The van der Waals surface area contributed by atoms with E-state index in [2.05, 4.69) is 31.0 Å². The molecule has 0 spiro atoms. The summed E-state index contributed by atoms with van der Waals surface area (Å²) in [5.74, 6) is -1.71. The number of hydrogen-bond acceptors (Lipinski definition) is 5. The van der Waals surface area contributed by atoms with Crippen LogP contribution in [-0.2, 0) is 12.1 Å². The van der Waals surface area contributed by atoms with E-state index in [-0.39, 0.29) is 12.1 Å². The van der Waals surface area contributed by atoms with Crippen molar-refractivity contribution in [1.82, 2.24) is 24.3 Å². The molecular weight excluding hydrogens is 472 g/mol. The molecule has 2 unspecified atom stereocenters. The SMILES string of the molecule is Cc1cc(Br)c2ncn(C(C)C(O)(Cn3cncn3)c3ccc(F)cc3F)c(=O)c2c1. The van der Waals surface area contributed by atoms with Gasteiger partial charge in [0.2, 0.25) is 0 Å². The van der Waals surface area contributed by atoms with Crippen LogP contribution in [0.25, 0.3) is 10.9 Å². The minimum Gasteiger partial charge on any atom is -0.381 e. The number of halogens is 3. The summed E-state index contributed by atoms with van der Waals surface area (Å²) < 4.78 is 31.5. The zero-order valence-electron chi connectivity index (χ0n) is 16.6. The summed E-state index contributed by atoms with van der Waals surface area (Å²) in [6.45, 7) is 3.19. The molecule has 4 rings (SSSR count). The van der Waals surface area contributed by atoms with Crippen molar-refractivity contribution in [3.05, 3.63) is 86.9 Å².